The average Bonchev–Trinajstić information content (AvgIpc) is 3.21. The first-order chi connectivity index (χ1) is 15.6. The third-order valence-corrected chi connectivity index (χ3v) is 6.09. The van der Waals surface area contributed by atoms with Gasteiger partial charge in [-0.2, -0.15) is 0 Å². The molecule has 0 saturated carbocycles. The molecule has 0 aliphatic heterocycles. The number of rotatable bonds is 10. The first-order valence-corrected chi connectivity index (χ1v) is 11.7. The van der Waals surface area contributed by atoms with Gasteiger partial charge in [-0.25, -0.2) is 4.98 Å². The van der Waals surface area contributed by atoms with Crippen molar-refractivity contribution in [2.24, 2.45) is 0 Å². The topological polar surface area (TPSA) is 59.2 Å². The molecule has 0 fully saturated rings. The maximum atomic E-state index is 6.12. The molecule has 166 valence electrons. The number of hydrogen-bond donors (Lipinski definition) is 2. The Labute approximate surface area is 197 Å². The quantitative estimate of drug-likeness (QED) is 0.268. The highest BCUT2D eigenvalue weighted by molar-refractivity contribution is 9.10. The van der Waals surface area contributed by atoms with Crippen LogP contribution in [-0.2, 0) is 19.6 Å². The van der Waals surface area contributed by atoms with Gasteiger partial charge in [0.25, 0.3) is 0 Å². The third kappa shape index (κ3) is 5.50. The van der Waals surface area contributed by atoms with Gasteiger partial charge in [0.1, 0.15) is 12.4 Å². The fraction of sp³-hybridized carbons (Fsp3) is 0.269. The number of aromatic amines is 1. The van der Waals surface area contributed by atoms with Crippen LogP contribution in [0.15, 0.2) is 65.1 Å². The molecule has 0 atom stereocenters. The molecule has 0 bridgehead atoms. The van der Waals surface area contributed by atoms with Gasteiger partial charge in [0, 0.05) is 24.0 Å². The number of nitrogens with one attached hydrogen (secondary N) is 2. The van der Waals surface area contributed by atoms with Gasteiger partial charge >= 0.3 is 0 Å². The number of benzene rings is 3. The zero-order chi connectivity index (χ0) is 22.3. The molecule has 0 radical (unpaired) electrons. The maximum Gasteiger partial charge on any atom is 0.162 e. The van der Waals surface area contributed by atoms with Gasteiger partial charge in [-0.3, -0.25) is 0 Å². The summed E-state index contributed by atoms with van der Waals surface area (Å²) in [5.74, 6) is 2.50. The minimum Gasteiger partial charge on any atom is -0.490 e. The second kappa shape index (κ2) is 10.7. The van der Waals surface area contributed by atoms with Gasteiger partial charge in [-0.1, -0.05) is 52.3 Å². The fourth-order valence-electron chi connectivity index (χ4n) is 3.58. The molecule has 0 spiro atoms. The number of H-pyrrole nitrogens is 1. The number of hydrogen-bond acceptors (Lipinski definition) is 4. The summed E-state index contributed by atoms with van der Waals surface area (Å²) in [7, 11) is 0. The molecular weight excluding hydrogens is 466 g/mol. The van der Waals surface area contributed by atoms with E-state index in [2.05, 4.69) is 56.3 Å². The lowest BCUT2D eigenvalue weighted by molar-refractivity contribution is 0.268. The van der Waals surface area contributed by atoms with E-state index in [1.54, 1.807) is 0 Å². The minimum atomic E-state index is 0.508. The zero-order valence-electron chi connectivity index (χ0n) is 18.5. The number of aryl methyl sites for hydroxylation is 1. The number of imidazole rings is 1. The summed E-state index contributed by atoms with van der Waals surface area (Å²) in [6, 6.07) is 20.4. The van der Waals surface area contributed by atoms with Crippen molar-refractivity contribution in [2.45, 2.75) is 33.4 Å². The van der Waals surface area contributed by atoms with Crippen molar-refractivity contribution in [1.29, 1.82) is 0 Å². The van der Waals surface area contributed by atoms with Gasteiger partial charge in [-0.15, -0.1) is 0 Å². The zero-order valence-corrected chi connectivity index (χ0v) is 20.0. The molecule has 4 aromatic rings. The molecule has 0 aliphatic carbocycles. The fourth-order valence-corrected chi connectivity index (χ4v) is 4.04. The summed E-state index contributed by atoms with van der Waals surface area (Å²) >= 11 is 3.70. The monoisotopic (exact) mass is 493 g/mol. The lowest BCUT2D eigenvalue weighted by atomic mass is 10.1. The Balaban J connectivity index is 1.37. The summed E-state index contributed by atoms with van der Waals surface area (Å²) in [5, 5.41) is 3.50. The summed E-state index contributed by atoms with van der Waals surface area (Å²) in [6.07, 6.45) is 0.836. The largest absolute Gasteiger partial charge is 0.490 e. The van der Waals surface area contributed by atoms with Gasteiger partial charge in [0.15, 0.2) is 11.5 Å². The molecule has 4 rings (SSSR count). The number of aromatic nitrogens is 2. The van der Waals surface area contributed by atoms with Gasteiger partial charge in [-0.05, 0) is 54.8 Å². The van der Waals surface area contributed by atoms with E-state index in [1.807, 2.05) is 49.4 Å². The molecule has 2 N–H and O–H groups in total. The predicted octanol–water partition coefficient (Wildman–Crippen LogP) is 5.94. The van der Waals surface area contributed by atoms with Crippen LogP contribution < -0.4 is 14.8 Å². The summed E-state index contributed by atoms with van der Waals surface area (Å²) in [5.41, 5.74) is 5.60. The van der Waals surface area contributed by atoms with Crippen LogP contribution in [0.4, 0.5) is 0 Å². The number of fused-ring (bicyclic) bond motifs is 1. The first-order valence-electron chi connectivity index (χ1n) is 10.9. The molecular formula is C26H28BrN3O2. The van der Waals surface area contributed by atoms with E-state index < -0.39 is 0 Å². The van der Waals surface area contributed by atoms with E-state index in [9.17, 15) is 0 Å². The van der Waals surface area contributed by atoms with E-state index in [1.165, 1.54) is 11.1 Å². The van der Waals surface area contributed by atoms with Crippen molar-refractivity contribution >= 4 is 27.0 Å². The number of halogens is 1. The highest BCUT2D eigenvalue weighted by Gasteiger charge is 2.12. The normalized spacial score (nSPS) is 11.1. The summed E-state index contributed by atoms with van der Waals surface area (Å²) in [6.45, 7) is 6.72. The van der Waals surface area contributed by atoms with E-state index in [4.69, 9.17) is 9.47 Å². The third-order valence-electron chi connectivity index (χ3n) is 5.35. The van der Waals surface area contributed by atoms with E-state index in [0.29, 0.717) is 13.2 Å². The SMILES string of the molecule is CCOc1cc(CNCCc2nc3ccccc3[nH]2)c(Br)cc1OCc1ccccc1C. The van der Waals surface area contributed by atoms with Crippen LogP contribution in [-0.4, -0.2) is 23.1 Å². The molecule has 0 aliphatic rings. The van der Waals surface area contributed by atoms with Crippen molar-refractivity contribution in [3.8, 4) is 11.5 Å². The van der Waals surface area contributed by atoms with Crippen LogP contribution in [0, 0.1) is 6.92 Å². The van der Waals surface area contributed by atoms with Crippen LogP contribution >= 0.6 is 15.9 Å². The molecule has 6 heteroatoms. The molecule has 0 unspecified atom stereocenters. The molecule has 1 heterocycles. The Kier molecular flexibility index (Phi) is 7.45. The number of nitrogens with zero attached hydrogens (tertiary/aromatic N) is 1. The Hall–Kier alpha value is -2.83. The van der Waals surface area contributed by atoms with Crippen LogP contribution in [0.3, 0.4) is 0 Å². The molecule has 3 aromatic carbocycles. The van der Waals surface area contributed by atoms with Crippen molar-refractivity contribution in [3.63, 3.8) is 0 Å². The number of ether oxygens (including phenoxy) is 2. The standard InChI is InChI=1S/C26H28BrN3O2/c1-3-31-24-14-20(16-28-13-12-26-29-22-10-6-7-11-23(22)30-26)21(27)15-25(24)32-17-19-9-5-4-8-18(19)2/h4-11,14-15,28H,3,12-13,16-17H2,1-2H3,(H,29,30). The Bertz CT molecular complexity index is 1160. The van der Waals surface area contributed by atoms with Gasteiger partial charge in [0.05, 0.1) is 17.6 Å². The van der Waals surface area contributed by atoms with Crippen molar-refractivity contribution in [2.75, 3.05) is 13.2 Å². The minimum absolute atomic E-state index is 0.508. The Morgan fingerprint density at radius 1 is 0.969 bits per heavy atom. The Morgan fingerprint density at radius 2 is 1.75 bits per heavy atom. The molecule has 1 aromatic heterocycles. The molecule has 0 amide bonds. The van der Waals surface area contributed by atoms with Crippen LogP contribution in [0.25, 0.3) is 11.0 Å². The van der Waals surface area contributed by atoms with E-state index in [-0.39, 0.29) is 0 Å². The average molecular weight is 494 g/mol. The molecule has 0 saturated heterocycles. The van der Waals surface area contributed by atoms with Gasteiger partial charge in [0.2, 0.25) is 0 Å². The molecule has 32 heavy (non-hydrogen) atoms. The highest BCUT2D eigenvalue weighted by Crippen LogP contribution is 2.34. The summed E-state index contributed by atoms with van der Waals surface area (Å²) < 4.78 is 13.0. The molecule has 5 nitrogen and oxygen atoms in total. The van der Waals surface area contributed by atoms with Crippen LogP contribution in [0.1, 0.15) is 29.4 Å². The van der Waals surface area contributed by atoms with E-state index in [0.717, 1.165) is 57.9 Å². The lowest BCUT2D eigenvalue weighted by Crippen LogP contribution is -2.17. The van der Waals surface area contributed by atoms with Crippen molar-refractivity contribution < 1.29 is 9.47 Å². The number of para-hydroxylation sites is 2. The highest BCUT2D eigenvalue weighted by atomic mass is 79.9. The first kappa shape index (κ1) is 22.4. The lowest BCUT2D eigenvalue weighted by Gasteiger charge is -2.16. The summed E-state index contributed by atoms with van der Waals surface area (Å²) in [4.78, 5) is 8.01. The van der Waals surface area contributed by atoms with Crippen LogP contribution in [0.2, 0.25) is 0 Å². The van der Waals surface area contributed by atoms with Crippen molar-refractivity contribution in [1.82, 2.24) is 15.3 Å². The predicted molar refractivity (Wildman–Crippen MR) is 132 cm³/mol. The second-order valence-corrected chi connectivity index (χ2v) is 8.52. The second-order valence-electron chi connectivity index (χ2n) is 7.67. The van der Waals surface area contributed by atoms with Crippen molar-refractivity contribution in [3.05, 3.63) is 87.7 Å². The maximum absolute atomic E-state index is 6.12. The van der Waals surface area contributed by atoms with Gasteiger partial charge < -0.3 is 19.8 Å². The smallest absolute Gasteiger partial charge is 0.162 e. The Morgan fingerprint density at radius 3 is 2.56 bits per heavy atom. The van der Waals surface area contributed by atoms with E-state index >= 15 is 0 Å². The van der Waals surface area contributed by atoms with Crippen LogP contribution in [0.5, 0.6) is 11.5 Å².